The third kappa shape index (κ3) is 5.68. The van der Waals surface area contributed by atoms with E-state index in [1.807, 2.05) is 0 Å². The molecule has 0 fully saturated rings. The maximum Gasteiger partial charge on any atom is 0.0815 e. The Balaban J connectivity index is 4.20. The first kappa shape index (κ1) is 17.4. The van der Waals surface area contributed by atoms with Gasteiger partial charge >= 0.3 is 0 Å². The Kier molecular flexibility index (Phi) is 7.88. The largest absolute Gasteiger partial charge is 0.394 e. The van der Waals surface area contributed by atoms with Crippen LogP contribution in [0.25, 0.3) is 0 Å². The maximum atomic E-state index is 9.38. The van der Waals surface area contributed by atoms with Crippen LogP contribution in [0.2, 0.25) is 43.8 Å². The van der Waals surface area contributed by atoms with Crippen LogP contribution in [0.15, 0.2) is 0 Å². The van der Waals surface area contributed by atoms with Gasteiger partial charge < -0.3 is 9.84 Å². The summed E-state index contributed by atoms with van der Waals surface area (Å²) in [5.74, 6) is 0. The van der Waals surface area contributed by atoms with Crippen LogP contribution in [-0.2, 0) is 4.74 Å². The molecule has 1 N–H and O–H groups in total. The van der Waals surface area contributed by atoms with Gasteiger partial charge in [-0.3, -0.25) is 0 Å². The lowest BCUT2D eigenvalue weighted by Crippen LogP contribution is -2.44. The summed E-state index contributed by atoms with van der Waals surface area (Å²) in [5.41, 5.74) is 0.111. The van der Waals surface area contributed by atoms with Crippen molar-refractivity contribution in [3.8, 4) is 0 Å². The van der Waals surface area contributed by atoms with E-state index in [0.717, 1.165) is 6.61 Å². The minimum atomic E-state index is -1.37. The minimum absolute atomic E-state index is 0.111. The summed E-state index contributed by atoms with van der Waals surface area (Å²) in [6.45, 7) is 14.8. The first-order valence-electron chi connectivity index (χ1n) is 7.07. The van der Waals surface area contributed by atoms with E-state index in [-0.39, 0.29) is 12.3 Å². The molecule has 1 atom stereocenters. The SMILES string of the molecule is CC[Si](CC)(CC)CCOC(CO)[Si](C)(C)C. The van der Waals surface area contributed by atoms with Crippen LogP contribution in [0.4, 0.5) is 0 Å². The van der Waals surface area contributed by atoms with E-state index < -0.39 is 16.1 Å². The molecule has 0 saturated heterocycles. The second kappa shape index (κ2) is 7.72. The smallest absolute Gasteiger partial charge is 0.0815 e. The molecule has 0 aliphatic heterocycles. The van der Waals surface area contributed by atoms with Crippen molar-refractivity contribution in [1.29, 1.82) is 0 Å². The molecule has 0 aliphatic rings. The van der Waals surface area contributed by atoms with Crippen molar-refractivity contribution in [2.45, 2.75) is 70.3 Å². The maximum absolute atomic E-state index is 9.38. The second-order valence-electron chi connectivity index (χ2n) is 6.22. The second-order valence-corrected chi connectivity index (χ2v) is 17.2. The zero-order valence-electron chi connectivity index (χ0n) is 12.7. The summed E-state index contributed by atoms with van der Waals surface area (Å²) < 4.78 is 5.96. The van der Waals surface area contributed by atoms with Crippen molar-refractivity contribution >= 4 is 16.1 Å². The fourth-order valence-corrected chi connectivity index (χ4v) is 6.55. The van der Waals surface area contributed by atoms with Gasteiger partial charge in [-0.25, -0.2) is 0 Å². The Hall–Kier alpha value is 0.354. The predicted molar refractivity (Wildman–Crippen MR) is 82.2 cm³/mol. The number of aliphatic hydroxyl groups excluding tert-OH is 1. The van der Waals surface area contributed by atoms with Crippen molar-refractivity contribution in [3.05, 3.63) is 0 Å². The van der Waals surface area contributed by atoms with Gasteiger partial charge in [-0.05, 0) is 6.04 Å². The molecule has 17 heavy (non-hydrogen) atoms. The molecule has 4 heteroatoms. The monoisotopic (exact) mass is 276 g/mol. The van der Waals surface area contributed by atoms with Gasteiger partial charge in [-0.2, -0.15) is 0 Å². The molecule has 0 bridgehead atoms. The summed E-state index contributed by atoms with van der Waals surface area (Å²) in [5, 5.41) is 9.38. The summed E-state index contributed by atoms with van der Waals surface area (Å²) in [6.07, 6.45) is 0. The normalized spacial score (nSPS) is 15.0. The lowest BCUT2D eigenvalue weighted by Gasteiger charge is -2.31. The van der Waals surface area contributed by atoms with E-state index >= 15 is 0 Å². The fraction of sp³-hybridized carbons (Fsp3) is 1.00. The fourth-order valence-electron chi connectivity index (χ4n) is 2.27. The van der Waals surface area contributed by atoms with E-state index in [0.29, 0.717) is 0 Å². The number of hydrogen-bond acceptors (Lipinski definition) is 2. The molecule has 0 aromatic rings. The van der Waals surface area contributed by atoms with Gasteiger partial charge in [0.2, 0.25) is 0 Å². The molecule has 0 amide bonds. The van der Waals surface area contributed by atoms with Crippen molar-refractivity contribution in [2.75, 3.05) is 13.2 Å². The van der Waals surface area contributed by atoms with E-state index in [9.17, 15) is 5.11 Å². The molecule has 0 rings (SSSR count). The van der Waals surface area contributed by atoms with Crippen LogP contribution in [0, 0.1) is 0 Å². The first-order valence-corrected chi connectivity index (χ1v) is 13.5. The van der Waals surface area contributed by atoms with Gasteiger partial charge in [0.15, 0.2) is 0 Å². The number of ether oxygens (including phenoxy) is 1. The Morgan fingerprint density at radius 1 is 1.00 bits per heavy atom. The summed E-state index contributed by atoms with van der Waals surface area (Å²) in [7, 11) is -2.42. The zero-order chi connectivity index (χ0) is 13.5. The highest BCUT2D eigenvalue weighted by atomic mass is 28.3. The van der Waals surface area contributed by atoms with Crippen LogP contribution < -0.4 is 0 Å². The third-order valence-electron chi connectivity index (χ3n) is 4.33. The van der Waals surface area contributed by atoms with Crippen molar-refractivity contribution in [2.24, 2.45) is 0 Å². The van der Waals surface area contributed by atoms with Crippen molar-refractivity contribution < 1.29 is 9.84 Å². The first-order chi connectivity index (χ1) is 7.85. The van der Waals surface area contributed by atoms with Crippen molar-refractivity contribution in [3.63, 3.8) is 0 Å². The molecule has 0 spiro atoms. The van der Waals surface area contributed by atoms with Crippen molar-refractivity contribution in [1.82, 2.24) is 0 Å². The van der Waals surface area contributed by atoms with Crippen LogP contribution in [0.1, 0.15) is 20.8 Å². The molecule has 0 aromatic carbocycles. The lowest BCUT2D eigenvalue weighted by atomic mass is 10.7. The van der Waals surface area contributed by atoms with Gasteiger partial charge in [-0.15, -0.1) is 0 Å². The highest BCUT2D eigenvalue weighted by Crippen LogP contribution is 2.25. The van der Waals surface area contributed by atoms with E-state index in [1.165, 1.54) is 24.2 Å². The molecular formula is C13H32O2Si2. The Morgan fingerprint density at radius 2 is 1.47 bits per heavy atom. The molecule has 0 radical (unpaired) electrons. The van der Waals surface area contributed by atoms with E-state index in [4.69, 9.17) is 4.74 Å². The van der Waals surface area contributed by atoms with Crippen LogP contribution in [-0.4, -0.2) is 40.2 Å². The average Bonchev–Trinajstić information content (AvgIpc) is 2.29. The Labute approximate surface area is 110 Å². The molecule has 1 unspecified atom stereocenters. The topological polar surface area (TPSA) is 29.5 Å². The van der Waals surface area contributed by atoms with Gasteiger partial charge in [0.1, 0.15) is 0 Å². The molecule has 104 valence electrons. The molecule has 0 saturated carbocycles. The van der Waals surface area contributed by atoms with Crippen LogP contribution in [0.5, 0.6) is 0 Å². The molecule has 0 heterocycles. The number of aliphatic hydroxyl groups is 1. The Bertz CT molecular complexity index is 190. The number of hydrogen-bond donors (Lipinski definition) is 1. The molecule has 2 nitrogen and oxygen atoms in total. The van der Waals surface area contributed by atoms with Gasteiger partial charge in [0.25, 0.3) is 0 Å². The van der Waals surface area contributed by atoms with Crippen LogP contribution in [0.3, 0.4) is 0 Å². The standard InChI is InChI=1S/C13H32O2Si2/c1-7-17(8-2,9-3)11-10-15-13(12-14)16(4,5)6/h13-14H,7-12H2,1-6H3. The lowest BCUT2D eigenvalue weighted by molar-refractivity contribution is 0.0642. The highest BCUT2D eigenvalue weighted by Gasteiger charge is 2.30. The summed E-state index contributed by atoms with van der Waals surface area (Å²) in [4.78, 5) is 0. The van der Waals surface area contributed by atoms with Gasteiger partial charge in [-0.1, -0.05) is 58.5 Å². The summed E-state index contributed by atoms with van der Waals surface area (Å²) in [6, 6.07) is 5.35. The van der Waals surface area contributed by atoms with E-state index in [2.05, 4.69) is 40.4 Å². The Morgan fingerprint density at radius 3 is 1.76 bits per heavy atom. The quantitative estimate of drug-likeness (QED) is 0.650. The highest BCUT2D eigenvalue weighted by molar-refractivity contribution is 6.79. The predicted octanol–water partition coefficient (Wildman–Crippen LogP) is 3.75. The van der Waals surface area contributed by atoms with Gasteiger partial charge in [0, 0.05) is 6.61 Å². The average molecular weight is 277 g/mol. The molecular weight excluding hydrogens is 244 g/mol. The van der Waals surface area contributed by atoms with Gasteiger partial charge in [0.05, 0.1) is 28.5 Å². The molecule has 0 aromatic heterocycles. The molecule has 0 aliphatic carbocycles. The minimum Gasteiger partial charge on any atom is -0.394 e. The van der Waals surface area contributed by atoms with Crippen LogP contribution >= 0.6 is 0 Å². The zero-order valence-corrected chi connectivity index (χ0v) is 14.7. The van der Waals surface area contributed by atoms with E-state index in [1.54, 1.807) is 0 Å². The number of rotatable bonds is 9. The summed E-state index contributed by atoms with van der Waals surface area (Å²) >= 11 is 0. The third-order valence-corrected chi connectivity index (χ3v) is 12.4.